The predicted molar refractivity (Wildman–Crippen MR) is 79.3 cm³/mol. The molecule has 1 aliphatic rings. The lowest BCUT2D eigenvalue weighted by Gasteiger charge is -2.15. The topological polar surface area (TPSA) is 74.3 Å². The lowest BCUT2D eigenvalue weighted by atomic mass is 10.4. The van der Waals surface area contributed by atoms with Crippen LogP contribution in [0.1, 0.15) is 19.3 Å². The number of anilines is 1. The highest BCUT2D eigenvalue weighted by atomic mass is 32.2. The summed E-state index contributed by atoms with van der Waals surface area (Å²) in [4.78, 5) is 6.45. The van der Waals surface area contributed by atoms with Gasteiger partial charge in [-0.2, -0.15) is 0 Å². The van der Waals surface area contributed by atoms with Crippen molar-refractivity contribution in [2.75, 3.05) is 38.5 Å². The van der Waals surface area contributed by atoms with Crippen LogP contribution in [0.4, 0.5) is 5.69 Å². The molecule has 0 saturated carbocycles. The summed E-state index contributed by atoms with van der Waals surface area (Å²) in [5.74, 6) is 0. The van der Waals surface area contributed by atoms with Gasteiger partial charge in [-0.05, 0) is 45.0 Å². The van der Waals surface area contributed by atoms with E-state index >= 15 is 0 Å². The van der Waals surface area contributed by atoms with E-state index in [2.05, 4.69) is 19.9 Å². The third-order valence-corrected chi connectivity index (χ3v) is 4.97. The Bertz CT molecular complexity index is 527. The minimum atomic E-state index is -3.49. The van der Waals surface area contributed by atoms with Crippen LogP contribution < -0.4 is 10.0 Å². The predicted octanol–water partition coefficient (Wildman–Crippen LogP) is 0.887. The van der Waals surface area contributed by atoms with Gasteiger partial charge in [0.15, 0.2) is 0 Å². The largest absolute Gasteiger partial charge is 0.387 e. The van der Waals surface area contributed by atoms with Crippen molar-refractivity contribution < 1.29 is 8.42 Å². The zero-order valence-electron chi connectivity index (χ0n) is 11.8. The molecule has 0 atom stereocenters. The monoisotopic (exact) mass is 298 g/mol. The SMILES string of the molecule is CNc1ccncc1S(=O)(=O)NCCCN1CCCC1. The van der Waals surface area contributed by atoms with Crippen LogP contribution in [0.2, 0.25) is 0 Å². The van der Waals surface area contributed by atoms with Crippen molar-refractivity contribution in [3.63, 3.8) is 0 Å². The normalized spacial score (nSPS) is 16.4. The highest BCUT2D eigenvalue weighted by molar-refractivity contribution is 7.89. The number of rotatable bonds is 7. The number of nitrogens with zero attached hydrogens (tertiary/aromatic N) is 2. The van der Waals surface area contributed by atoms with Crippen LogP contribution in [0, 0.1) is 0 Å². The van der Waals surface area contributed by atoms with Crippen molar-refractivity contribution in [3.05, 3.63) is 18.5 Å². The molecule has 0 aromatic carbocycles. The van der Waals surface area contributed by atoms with Crippen molar-refractivity contribution in [2.45, 2.75) is 24.2 Å². The first-order chi connectivity index (χ1) is 9.63. The quantitative estimate of drug-likeness (QED) is 0.731. The summed E-state index contributed by atoms with van der Waals surface area (Å²) in [7, 11) is -1.80. The van der Waals surface area contributed by atoms with Gasteiger partial charge in [0, 0.05) is 26.0 Å². The molecular weight excluding hydrogens is 276 g/mol. The molecular formula is C13H22N4O2S. The maximum Gasteiger partial charge on any atom is 0.244 e. The molecule has 1 fully saturated rings. The van der Waals surface area contributed by atoms with Gasteiger partial charge in [0.05, 0.1) is 5.69 Å². The zero-order valence-corrected chi connectivity index (χ0v) is 12.6. The molecule has 1 saturated heterocycles. The van der Waals surface area contributed by atoms with Crippen LogP contribution in [-0.2, 0) is 10.0 Å². The van der Waals surface area contributed by atoms with Gasteiger partial charge in [-0.3, -0.25) is 4.98 Å². The third-order valence-electron chi connectivity index (χ3n) is 3.49. The number of nitrogens with one attached hydrogen (secondary N) is 2. The first-order valence-corrected chi connectivity index (χ1v) is 8.45. The van der Waals surface area contributed by atoms with Crippen molar-refractivity contribution in [2.24, 2.45) is 0 Å². The third kappa shape index (κ3) is 3.91. The van der Waals surface area contributed by atoms with Gasteiger partial charge in [0.1, 0.15) is 4.90 Å². The van der Waals surface area contributed by atoms with E-state index in [4.69, 9.17) is 0 Å². The first-order valence-electron chi connectivity index (χ1n) is 6.97. The van der Waals surface area contributed by atoms with E-state index in [0.29, 0.717) is 12.2 Å². The fourth-order valence-electron chi connectivity index (χ4n) is 2.39. The van der Waals surface area contributed by atoms with Crippen LogP contribution in [0.3, 0.4) is 0 Å². The van der Waals surface area contributed by atoms with E-state index in [1.54, 1.807) is 19.3 Å². The minimum absolute atomic E-state index is 0.198. The van der Waals surface area contributed by atoms with E-state index in [-0.39, 0.29) is 4.90 Å². The second-order valence-corrected chi connectivity index (χ2v) is 6.66. The average molecular weight is 298 g/mol. The Morgan fingerprint density at radius 2 is 2.10 bits per heavy atom. The van der Waals surface area contributed by atoms with E-state index in [1.807, 2.05) is 0 Å². The molecule has 7 heteroatoms. The maximum atomic E-state index is 12.2. The Labute approximate surface area is 120 Å². The summed E-state index contributed by atoms with van der Waals surface area (Å²) in [5.41, 5.74) is 0.562. The Morgan fingerprint density at radius 1 is 1.35 bits per heavy atom. The molecule has 2 rings (SSSR count). The Balaban J connectivity index is 1.87. The molecule has 0 radical (unpaired) electrons. The minimum Gasteiger partial charge on any atom is -0.387 e. The summed E-state index contributed by atoms with van der Waals surface area (Å²) in [6, 6.07) is 1.65. The number of pyridine rings is 1. The Kier molecular flexibility index (Phi) is 5.33. The Morgan fingerprint density at radius 3 is 2.80 bits per heavy atom. The van der Waals surface area contributed by atoms with Crippen molar-refractivity contribution in [3.8, 4) is 0 Å². The van der Waals surface area contributed by atoms with Crippen LogP contribution in [0.15, 0.2) is 23.4 Å². The van der Waals surface area contributed by atoms with Crippen LogP contribution >= 0.6 is 0 Å². The molecule has 112 valence electrons. The molecule has 6 nitrogen and oxygen atoms in total. The number of hydrogen-bond acceptors (Lipinski definition) is 5. The van der Waals surface area contributed by atoms with Crippen molar-refractivity contribution in [1.29, 1.82) is 0 Å². The van der Waals surface area contributed by atoms with Crippen molar-refractivity contribution in [1.82, 2.24) is 14.6 Å². The van der Waals surface area contributed by atoms with Gasteiger partial charge in [-0.15, -0.1) is 0 Å². The zero-order chi connectivity index (χ0) is 14.4. The summed E-state index contributed by atoms with van der Waals surface area (Å²) >= 11 is 0. The number of likely N-dealkylation sites (tertiary alicyclic amines) is 1. The summed E-state index contributed by atoms with van der Waals surface area (Å²) < 4.78 is 27.0. The highest BCUT2D eigenvalue weighted by Gasteiger charge is 2.18. The molecule has 0 unspecified atom stereocenters. The smallest absolute Gasteiger partial charge is 0.244 e. The summed E-state index contributed by atoms with van der Waals surface area (Å²) in [5, 5.41) is 2.87. The van der Waals surface area contributed by atoms with Gasteiger partial charge in [-0.1, -0.05) is 0 Å². The number of sulfonamides is 1. The molecule has 1 aliphatic heterocycles. The molecule has 0 amide bonds. The van der Waals surface area contributed by atoms with E-state index < -0.39 is 10.0 Å². The number of aromatic nitrogens is 1. The summed E-state index contributed by atoms with van der Waals surface area (Å²) in [6.07, 6.45) is 6.28. The maximum absolute atomic E-state index is 12.2. The first kappa shape index (κ1) is 15.2. The molecule has 0 bridgehead atoms. The van der Waals surface area contributed by atoms with Gasteiger partial charge < -0.3 is 10.2 Å². The van der Waals surface area contributed by atoms with Crippen LogP contribution in [-0.4, -0.2) is 51.5 Å². The second kappa shape index (κ2) is 7.01. The molecule has 2 heterocycles. The van der Waals surface area contributed by atoms with E-state index in [9.17, 15) is 8.42 Å². The average Bonchev–Trinajstić information content (AvgIpc) is 2.97. The molecule has 2 N–H and O–H groups in total. The van der Waals surface area contributed by atoms with Gasteiger partial charge in [0.2, 0.25) is 10.0 Å². The van der Waals surface area contributed by atoms with E-state index in [1.165, 1.54) is 19.0 Å². The van der Waals surface area contributed by atoms with Gasteiger partial charge in [-0.25, -0.2) is 13.1 Å². The van der Waals surface area contributed by atoms with Crippen molar-refractivity contribution >= 4 is 15.7 Å². The van der Waals surface area contributed by atoms with Gasteiger partial charge >= 0.3 is 0 Å². The fourth-order valence-corrected chi connectivity index (χ4v) is 3.62. The van der Waals surface area contributed by atoms with E-state index in [0.717, 1.165) is 26.1 Å². The second-order valence-electron chi connectivity index (χ2n) is 4.92. The molecule has 1 aromatic heterocycles. The van der Waals surface area contributed by atoms with Gasteiger partial charge in [0.25, 0.3) is 0 Å². The molecule has 1 aromatic rings. The standard InChI is InChI=1S/C13H22N4O2S/c1-14-12-5-7-15-11-13(12)20(18,19)16-6-4-10-17-8-2-3-9-17/h5,7,11,16H,2-4,6,8-10H2,1H3,(H,14,15). The van der Waals surface area contributed by atoms with Crippen LogP contribution in [0.25, 0.3) is 0 Å². The molecule has 20 heavy (non-hydrogen) atoms. The Hall–Kier alpha value is -1.18. The molecule has 0 spiro atoms. The lowest BCUT2D eigenvalue weighted by Crippen LogP contribution is -2.29. The summed E-state index contributed by atoms with van der Waals surface area (Å²) in [6.45, 7) is 3.68. The van der Waals surface area contributed by atoms with Crippen LogP contribution in [0.5, 0.6) is 0 Å². The lowest BCUT2D eigenvalue weighted by molar-refractivity contribution is 0.334. The highest BCUT2D eigenvalue weighted by Crippen LogP contribution is 2.18. The number of hydrogen-bond donors (Lipinski definition) is 2. The molecule has 0 aliphatic carbocycles. The fraction of sp³-hybridized carbons (Fsp3) is 0.615.